The Morgan fingerprint density at radius 3 is 2.25 bits per heavy atom. The van der Waals surface area contributed by atoms with Crippen molar-refractivity contribution in [2.24, 2.45) is 0 Å². The van der Waals surface area contributed by atoms with Gasteiger partial charge in [-0.2, -0.15) is 13.2 Å². The number of nitrogens with zero attached hydrogens (tertiary/aromatic N) is 1. The van der Waals surface area contributed by atoms with Crippen molar-refractivity contribution in [3.8, 4) is 0 Å². The molecule has 0 saturated carbocycles. The number of ether oxygens (including phenoxy) is 1. The van der Waals surface area contributed by atoms with Crippen molar-refractivity contribution < 1.29 is 22.7 Å². The van der Waals surface area contributed by atoms with Gasteiger partial charge in [0.2, 0.25) is 0 Å². The van der Waals surface area contributed by atoms with Crippen LogP contribution in [-0.4, -0.2) is 48.9 Å². The lowest BCUT2D eigenvalue weighted by atomic mass is 10.1. The van der Waals surface area contributed by atoms with Gasteiger partial charge in [-0.15, -0.1) is 0 Å². The van der Waals surface area contributed by atoms with Gasteiger partial charge in [-0.25, -0.2) is 4.79 Å². The Bertz CT molecular complexity index is 382. The van der Waals surface area contributed by atoms with E-state index in [-0.39, 0.29) is 6.04 Å². The molecular weight excluding hydrogens is 275 g/mol. The standard InChI is InChI=1S/C12H20F3N3O2/c1-11(2,3)20-10(19)18-6-8(7-18)17-5-9(16-4)12(13,14)15/h5,8,16-17H,6-7H2,1-4H3/b9-5-. The molecule has 0 aromatic heterocycles. The molecule has 116 valence electrons. The summed E-state index contributed by atoms with van der Waals surface area (Å²) in [6.07, 6.45) is -3.99. The van der Waals surface area contributed by atoms with Crippen molar-refractivity contribution in [3.63, 3.8) is 0 Å². The summed E-state index contributed by atoms with van der Waals surface area (Å²) in [4.78, 5) is 13.0. The topological polar surface area (TPSA) is 53.6 Å². The van der Waals surface area contributed by atoms with Gasteiger partial charge in [-0.3, -0.25) is 0 Å². The SMILES string of the molecule is CN/C(=C\NC1CN(C(=O)OC(C)(C)C)C1)C(F)(F)F. The van der Waals surface area contributed by atoms with Crippen molar-refractivity contribution >= 4 is 6.09 Å². The number of rotatable bonds is 3. The summed E-state index contributed by atoms with van der Waals surface area (Å²) in [6.45, 7) is 5.91. The van der Waals surface area contributed by atoms with Crippen molar-refractivity contribution in [3.05, 3.63) is 11.9 Å². The number of allylic oxidation sites excluding steroid dienone is 1. The van der Waals surface area contributed by atoms with Crippen LogP contribution in [0.3, 0.4) is 0 Å². The molecule has 1 aliphatic heterocycles. The lowest BCUT2D eigenvalue weighted by Crippen LogP contribution is -2.59. The normalized spacial score (nSPS) is 17.6. The van der Waals surface area contributed by atoms with E-state index in [0.29, 0.717) is 13.1 Å². The van der Waals surface area contributed by atoms with Crippen molar-refractivity contribution in [1.29, 1.82) is 0 Å². The van der Waals surface area contributed by atoms with Crippen LogP contribution in [-0.2, 0) is 4.74 Å². The molecule has 0 aromatic rings. The van der Waals surface area contributed by atoms with Crippen LogP contribution in [0.4, 0.5) is 18.0 Å². The highest BCUT2D eigenvalue weighted by atomic mass is 19.4. The monoisotopic (exact) mass is 295 g/mol. The molecule has 0 atom stereocenters. The Balaban J connectivity index is 2.39. The first kappa shape index (κ1) is 16.5. The number of carbonyl (C=O) groups is 1. The zero-order valence-corrected chi connectivity index (χ0v) is 12.0. The third-order valence-corrected chi connectivity index (χ3v) is 2.57. The van der Waals surface area contributed by atoms with E-state index in [0.717, 1.165) is 6.20 Å². The third kappa shape index (κ3) is 4.82. The van der Waals surface area contributed by atoms with E-state index in [1.54, 1.807) is 20.8 Å². The first-order valence-electron chi connectivity index (χ1n) is 6.22. The largest absolute Gasteiger partial charge is 0.444 e. The van der Waals surface area contributed by atoms with Crippen LogP contribution in [0.25, 0.3) is 0 Å². The first-order valence-corrected chi connectivity index (χ1v) is 6.22. The number of carbonyl (C=O) groups excluding carboxylic acids is 1. The molecule has 0 aromatic carbocycles. The highest BCUT2D eigenvalue weighted by Crippen LogP contribution is 2.22. The number of likely N-dealkylation sites (tertiary alicyclic amines) is 1. The Kier molecular flexibility index (Phi) is 4.77. The van der Waals surface area contributed by atoms with E-state index >= 15 is 0 Å². The minimum Gasteiger partial charge on any atom is -0.444 e. The van der Waals surface area contributed by atoms with E-state index in [1.807, 2.05) is 0 Å². The van der Waals surface area contributed by atoms with Crippen LogP contribution in [0.2, 0.25) is 0 Å². The van der Waals surface area contributed by atoms with Crippen molar-refractivity contribution in [1.82, 2.24) is 15.5 Å². The third-order valence-electron chi connectivity index (χ3n) is 2.57. The Hall–Kier alpha value is -1.60. The number of amides is 1. The first-order chi connectivity index (χ1) is 9.03. The molecule has 0 spiro atoms. The van der Waals surface area contributed by atoms with Gasteiger partial charge >= 0.3 is 12.3 Å². The minimum atomic E-state index is -4.42. The van der Waals surface area contributed by atoms with Crippen LogP contribution in [0.5, 0.6) is 0 Å². The summed E-state index contributed by atoms with van der Waals surface area (Å²) in [5, 5.41) is 4.71. The van der Waals surface area contributed by atoms with Crippen molar-refractivity contribution in [2.45, 2.75) is 38.6 Å². The summed E-state index contributed by atoms with van der Waals surface area (Å²) in [5.74, 6) is 0. The maximum absolute atomic E-state index is 12.4. The molecule has 0 radical (unpaired) electrons. The summed E-state index contributed by atoms with van der Waals surface area (Å²) >= 11 is 0. The molecule has 1 amide bonds. The molecular formula is C12H20F3N3O2. The molecule has 0 unspecified atom stereocenters. The molecule has 5 nitrogen and oxygen atoms in total. The molecule has 1 fully saturated rings. The maximum Gasteiger partial charge on any atom is 0.432 e. The molecule has 1 heterocycles. The van der Waals surface area contributed by atoms with Crippen LogP contribution in [0, 0.1) is 0 Å². The number of hydrogen-bond donors (Lipinski definition) is 2. The van der Waals surface area contributed by atoms with Gasteiger partial charge in [-0.1, -0.05) is 0 Å². The molecule has 20 heavy (non-hydrogen) atoms. The molecule has 0 bridgehead atoms. The lowest BCUT2D eigenvalue weighted by molar-refractivity contribution is -0.0966. The quantitative estimate of drug-likeness (QED) is 0.834. The van der Waals surface area contributed by atoms with Crippen LogP contribution < -0.4 is 10.6 Å². The second-order valence-corrected chi connectivity index (χ2v) is 5.55. The average molecular weight is 295 g/mol. The maximum atomic E-state index is 12.4. The smallest absolute Gasteiger partial charge is 0.432 e. The molecule has 2 N–H and O–H groups in total. The molecule has 1 aliphatic rings. The highest BCUT2D eigenvalue weighted by molar-refractivity contribution is 5.69. The van der Waals surface area contributed by atoms with Crippen LogP contribution in [0.15, 0.2) is 11.9 Å². The number of halogens is 3. The Morgan fingerprint density at radius 2 is 1.85 bits per heavy atom. The fourth-order valence-corrected chi connectivity index (χ4v) is 1.56. The average Bonchev–Trinajstić information content (AvgIpc) is 2.16. The van der Waals surface area contributed by atoms with Gasteiger partial charge in [0.15, 0.2) is 0 Å². The molecule has 0 aliphatic carbocycles. The summed E-state index contributed by atoms with van der Waals surface area (Å²) in [5.41, 5.74) is -1.43. The van der Waals surface area contributed by atoms with Gasteiger partial charge < -0.3 is 20.3 Å². The fourth-order valence-electron chi connectivity index (χ4n) is 1.56. The van der Waals surface area contributed by atoms with E-state index in [9.17, 15) is 18.0 Å². The molecule has 8 heteroatoms. The predicted octanol–water partition coefficient (Wildman–Crippen LogP) is 1.82. The van der Waals surface area contributed by atoms with Crippen LogP contribution >= 0.6 is 0 Å². The summed E-state index contributed by atoms with van der Waals surface area (Å²) < 4.78 is 42.4. The minimum absolute atomic E-state index is 0.201. The predicted molar refractivity (Wildman–Crippen MR) is 67.9 cm³/mol. The van der Waals surface area contributed by atoms with E-state index in [4.69, 9.17) is 4.74 Å². The van der Waals surface area contributed by atoms with E-state index in [1.165, 1.54) is 11.9 Å². The summed E-state index contributed by atoms with van der Waals surface area (Å²) in [6, 6.07) is -0.201. The van der Waals surface area contributed by atoms with E-state index < -0.39 is 23.6 Å². The zero-order valence-electron chi connectivity index (χ0n) is 12.0. The number of nitrogens with one attached hydrogen (secondary N) is 2. The van der Waals surface area contributed by atoms with Crippen LogP contribution in [0.1, 0.15) is 20.8 Å². The Labute approximate surface area is 116 Å². The fraction of sp³-hybridized carbons (Fsp3) is 0.750. The number of hydrogen-bond acceptors (Lipinski definition) is 4. The summed E-state index contributed by atoms with van der Waals surface area (Å²) in [7, 11) is 1.20. The second-order valence-electron chi connectivity index (χ2n) is 5.55. The molecule has 1 saturated heterocycles. The lowest BCUT2D eigenvalue weighted by Gasteiger charge is -2.39. The highest BCUT2D eigenvalue weighted by Gasteiger charge is 2.35. The van der Waals surface area contributed by atoms with Gasteiger partial charge in [0.05, 0.1) is 6.04 Å². The zero-order chi connectivity index (χ0) is 15.6. The number of alkyl halides is 3. The second kappa shape index (κ2) is 5.80. The Morgan fingerprint density at radius 1 is 1.30 bits per heavy atom. The van der Waals surface area contributed by atoms with Gasteiger partial charge in [-0.05, 0) is 20.8 Å². The van der Waals surface area contributed by atoms with E-state index in [2.05, 4.69) is 10.6 Å². The van der Waals surface area contributed by atoms with Crippen molar-refractivity contribution in [2.75, 3.05) is 20.1 Å². The molecule has 1 rings (SSSR count). The van der Waals surface area contributed by atoms with Gasteiger partial charge in [0, 0.05) is 26.3 Å². The van der Waals surface area contributed by atoms with Gasteiger partial charge in [0.25, 0.3) is 0 Å². The van der Waals surface area contributed by atoms with Gasteiger partial charge in [0.1, 0.15) is 11.3 Å².